The molecule has 0 bridgehead atoms. The molecule has 1 N–H and O–H groups in total. The molecule has 2 atom stereocenters. The van der Waals surface area contributed by atoms with Gasteiger partial charge in [0.1, 0.15) is 0 Å². The molecule has 0 unspecified atom stereocenters. The Morgan fingerprint density at radius 1 is 1.27 bits per heavy atom. The lowest BCUT2D eigenvalue weighted by Gasteiger charge is -2.40. The highest BCUT2D eigenvalue weighted by Crippen LogP contribution is 2.40. The van der Waals surface area contributed by atoms with E-state index in [0.717, 1.165) is 5.56 Å². The predicted octanol–water partition coefficient (Wildman–Crippen LogP) is 3.30. The molecule has 0 saturated carbocycles. The van der Waals surface area contributed by atoms with Crippen molar-refractivity contribution < 1.29 is 35.6 Å². The lowest BCUT2D eigenvalue weighted by molar-refractivity contribution is -0.110. The van der Waals surface area contributed by atoms with Crippen molar-refractivity contribution in [3.05, 3.63) is 47.7 Å². The summed E-state index contributed by atoms with van der Waals surface area (Å²) in [4.78, 5) is 0. The largest absolute Gasteiger partial charge is 0.534 e. The summed E-state index contributed by atoms with van der Waals surface area (Å²) in [6.45, 7) is 0. The number of rotatable bonds is 7. The number of aliphatic hydroxyl groups excluding tert-OH is 1. The highest BCUT2D eigenvalue weighted by molar-refractivity contribution is 7.87. The highest BCUT2D eigenvalue weighted by atomic mass is 32.2. The molecule has 0 spiro atoms. The van der Waals surface area contributed by atoms with E-state index in [2.05, 4.69) is 4.18 Å². The lowest BCUT2D eigenvalue weighted by Crippen LogP contribution is -2.49. The molecule has 1 aromatic carbocycles. The van der Waals surface area contributed by atoms with Gasteiger partial charge in [-0.1, -0.05) is 30.3 Å². The third kappa shape index (κ3) is 4.39. The maximum Gasteiger partial charge on any atom is 0.534 e. The second-order valence-electron chi connectivity index (χ2n) is 6.08. The molecule has 9 heteroatoms. The van der Waals surface area contributed by atoms with E-state index in [0.29, 0.717) is 19.3 Å². The quantitative estimate of drug-likeness (QED) is 0.568. The number of benzene rings is 1. The van der Waals surface area contributed by atoms with Crippen LogP contribution in [-0.2, 0) is 25.5 Å². The standard InChI is InChI=1S/C17H21F3O5S/c1-24-16(14(21)11-10-13-7-3-2-4-8-13)12-6-5-9-15(16)25-26(22,23)17(18,19)20/h2-4,7-9,14,21H,5-6,10-12H2,1H3/t14-,16+/m0/s1. The summed E-state index contributed by atoms with van der Waals surface area (Å²) in [5, 5.41) is 10.6. The Morgan fingerprint density at radius 2 is 1.92 bits per heavy atom. The minimum Gasteiger partial charge on any atom is -0.390 e. The molecule has 0 aromatic heterocycles. The highest BCUT2D eigenvalue weighted by Gasteiger charge is 2.53. The van der Waals surface area contributed by atoms with Gasteiger partial charge in [0.05, 0.1) is 6.10 Å². The summed E-state index contributed by atoms with van der Waals surface area (Å²) in [6, 6.07) is 9.22. The van der Waals surface area contributed by atoms with E-state index >= 15 is 0 Å². The predicted molar refractivity (Wildman–Crippen MR) is 88.5 cm³/mol. The van der Waals surface area contributed by atoms with Gasteiger partial charge in [-0.2, -0.15) is 21.6 Å². The molecular weight excluding hydrogens is 373 g/mol. The molecule has 146 valence electrons. The third-order valence-corrected chi connectivity index (χ3v) is 5.40. The first kappa shape index (κ1) is 20.7. The van der Waals surface area contributed by atoms with Crippen molar-refractivity contribution >= 4 is 10.1 Å². The average Bonchev–Trinajstić information content (AvgIpc) is 2.60. The van der Waals surface area contributed by atoms with Crippen LogP contribution in [0.1, 0.15) is 31.2 Å². The first-order chi connectivity index (χ1) is 12.1. The Labute approximate surface area is 150 Å². The Hall–Kier alpha value is -1.58. The van der Waals surface area contributed by atoms with E-state index in [1.807, 2.05) is 30.3 Å². The Morgan fingerprint density at radius 3 is 2.50 bits per heavy atom. The second kappa shape index (κ2) is 7.98. The summed E-state index contributed by atoms with van der Waals surface area (Å²) >= 11 is 0. The zero-order valence-corrected chi connectivity index (χ0v) is 15.0. The first-order valence-electron chi connectivity index (χ1n) is 8.11. The monoisotopic (exact) mass is 394 g/mol. The number of ether oxygens (including phenoxy) is 1. The molecule has 0 fully saturated rings. The van der Waals surface area contributed by atoms with Gasteiger partial charge in [-0.05, 0) is 43.7 Å². The number of aryl methyl sites for hydroxylation is 1. The van der Waals surface area contributed by atoms with Crippen LogP contribution in [0.15, 0.2) is 42.2 Å². The number of hydrogen-bond acceptors (Lipinski definition) is 5. The van der Waals surface area contributed by atoms with Crippen LogP contribution < -0.4 is 0 Å². The molecule has 26 heavy (non-hydrogen) atoms. The minimum absolute atomic E-state index is 0.151. The average molecular weight is 394 g/mol. The van der Waals surface area contributed by atoms with Crippen molar-refractivity contribution in [1.82, 2.24) is 0 Å². The molecule has 0 heterocycles. The van der Waals surface area contributed by atoms with Gasteiger partial charge >= 0.3 is 15.6 Å². The van der Waals surface area contributed by atoms with Gasteiger partial charge in [-0.3, -0.25) is 0 Å². The van der Waals surface area contributed by atoms with Crippen molar-refractivity contribution in [2.45, 2.75) is 49.3 Å². The van der Waals surface area contributed by atoms with E-state index in [4.69, 9.17) is 4.74 Å². The van der Waals surface area contributed by atoms with Crippen LogP contribution in [-0.4, -0.2) is 37.8 Å². The van der Waals surface area contributed by atoms with Gasteiger partial charge in [-0.25, -0.2) is 0 Å². The van der Waals surface area contributed by atoms with Crippen LogP contribution in [0.2, 0.25) is 0 Å². The van der Waals surface area contributed by atoms with E-state index in [1.165, 1.54) is 13.2 Å². The van der Waals surface area contributed by atoms with Crippen LogP contribution in [0, 0.1) is 0 Å². The SMILES string of the molecule is CO[C@@]1([C@@H](O)CCc2ccccc2)CCCC=C1OS(=O)(=O)C(F)(F)F. The van der Waals surface area contributed by atoms with Crippen molar-refractivity contribution in [2.24, 2.45) is 0 Å². The summed E-state index contributed by atoms with van der Waals surface area (Å²) in [6.07, 6.45) is 1.63. The maximum atomic E-state index is 12.7. The van der Waals surface area contributed by atoms with Crippen molar-refractivity contribution in [3.63, 3.8) is 0 Å². The normalized spacial score (nSPS) is 22.6. The van der Waals surface area contributed by atoms with Gasteiger partial charge in [0.2, 0.25) is 0 Å². The number of methoxy groups -OCH3 is 1. The Kier molecular flexibility index (Phi) is 6.36. The molecule has 0 amide bonds. The molecule has 1 aromatic rings. The van der Waals surface area contributed by atoms with Crippen molar-refractivity contribution in [1.29, 1.82) is 0 Å². The van der Waals surface area contributed by atoms with Crippen molar-refractivity contribution in [2.75, 3.05) is 7.11 Å². The smallest absolute Gasteiger partial charge is 0.390 e. The first-order valence-corrected chi connectivity index (χ1v) is 9.52. The van der Waals surface area contributed by atoms with Gasteiger partial charge in [0, 0.05) is 7.11 Å². The molecule has 1 aliphatic carbocycles. The molecular formula is C17H21F3O5S. The van der Waals surface area contributed by atoms with Gasteiger partial charge in [0.25, 0.3) is 0 Å². The Balaban J connectivity index is 2.22. The van der Waals surface area contributed by atoms with E-state index in [9.17, 15) is 26.7 Å². The van der Waals surface area contributed by atoms with E-state index in [-0.39, 0.29) is 12.8 Å². The number of allylic oxidation sites excluding steroid dienone is 1. The van der Waals surface area contributed by atoms with Crippen LogP contribution >= 0.6 is 0 Å². The fourth-order valence-corrected chi connectivity index (χ4v) is 3.55. The fraction of sp³-hybridized carbons (Fsp3) is 0.529. The van der Waals surface area contributed by atoms with Gasteiger partial charge < -0.3 is 14.0 Å². The minimum atomic E-state index is -5.84. The summed E-state index contributed by atoms with van der Waals surface area (Å²) in [5.41, 5.74) is -6.26. The van der Waals surface area contributed by atoms with Gasteiger partial charge in [0.15, 0.2) is 11.4 Å². The van der Waals surface area contributed by atoms with Crippen LogP contribution in [0.3, 0.4) is 0 Å². The number of alkyl halides is 3. The second-order valence-corrected chi connectivity index (χ2v) is 7.62. The van der Waals surface area contributed by atoms with E-state index in [1.54, 1.807) is 0 Å². The summed E-state index contributed by atoms with van der Waals surface area (Å²) < 4.78 is 70.5. The molecule has 0 saturated heterocycles. The molecule has 2 rings (SSSR count). The number of aliphatic hydroxyl groups is 1. The molecule has 0 radical (unpaired) electrons. The summed E-state index contributed by atoms with van der Waals surface area (Å²) in [7, 11) is -4.62. The molecule has 5 nitrogen and oxygen atoms in total. The third-order valence-electron chi connectivity index (χ3n) is 4.43. The van der Waals surface area contributed by atoms with Gasteiger partial charge in [-0.15, -0.1) is 0 Å². The maximum absolute atomic E-state index is 12.7. The van der Waals surface area contributed by atoms with Crippen molar-refractivity contribution in [3.8, 4) is 0 Å². The van der Waals surface area contributed by atoms with E-state index < -0.39 is 33.1 Å². The topological polar surface area (TPSA) is 72.8 Å². The lowest BCUT2D eigenvalue weighted by atomic mass is 9.81. The fourth-order valence-electron chi connectivity index (χ4n) is 3.01. The molecule has 1 aliphatic rings. The zero-order chi connectivity index (χ0) is 19.4. The van der Waals surface area contributed by atoms with Crippen LogP contribution in [0.25, 0.3) is 0 Å². The van der Waals surface area contributed by atoms with Crippen LogP contribution in [0.5, 0.6) is 0 Å². The number of halogens is 3. The number of hydrogen-bond donors (Lipinski definition) is 1. The zero-order valence-electron chi connectivity index (χ0n) is 14.2. The van der Waals surface area contributed by atoms with Crippen LogP contribution in [0.4, 0.5) is 13.2 Å². The molecule has 0 aliphatic heterocycles. The Bertz CT molecular complexity index is 731. The summed E-state index contributed by atoms with van der Waals surface area (Å²) in [5.74, 6) is -0.510.